The fourth-order valence-electron chi connectivity index (χ4n) is 3.34. The predicted octanol–water partition coefficient (Wildman–Crippen LogP) is 3.98. The van der Waals surface area contributed by atoms with Crippen LogP contribution in [0.25, 0.3) is 0 Å². The third-order valence-corrected chi connectivity index (χ3v) is 4.39. The zero-order valence-electron chi connectivity index (χ0n) is 14.0. The van der Waals surface area contributed by atoms with Gasteiger partial charge in [-0.15, -0.1) is 0 Å². The predicted molar refractivity (Wildman–Crippen MR) is 87.4 cm³/mol. The summed E-state index contributed by atoms with van der Waals surface area (Å²) in [5.74, 6) is 3.09. The van der Waals surface area contributed by atoms with Gasteiger partial charge in [-0.05, 0) is 64.1 Å². The van der Waals surface area contributed by atoms with Crippen LogP contribution < -0.4 is 14.8 Å². The molecule has 2 unspecified atom stereocenters. The lowest BCUT2D eigenvalue weighted by molar-refractivity contribution is 0.337. The Morgan fingerprint density at radius 1 is 1.10 bits per heavy atom. The van der Waals surface area contributed by atoms with Crippen molar-refractivity contribution in [2.75, 3.05) is 20.8 Å². The maximum absolute atomic E-state index is 5.59. The summed E-state index contributed by atoms with van der Waals surface area (Å²) in [6.07, 6.45) is 3.77. The van der Waals surface area contributed by atoms with Crippen LogP contribution in [-0.2, 0) is 0 Å². The Labute approximate surface area is 129 Å². The van der Waals surface area contributed by atoms with Crippen molar-refractivity contribution in [1.29, 1.82) is 0 Å². The van der Waals surface area contributed by atoms with Crippen LogP contribution in [0, 0.1) is 5.92 Å². The molecule has 1 N–H and O–H groups in total. The largest absolute Gasteiger partial charge is 0.496 e. The van der Waals surface area contributed by atoms with Crippen LogP contribution >= 0.6 is 0 Å². The zero-order chi connectivity index (χ0) is 15.5. The molecular formula is C18H29NO2. The summed E-state index contributed by atoms with van der Waals surface area (Å²) in [7, 11) is 3.49. The number of hydrogen-bond donors (Lipinski definition) is 1. The second-order valence-electron chi connectivity index (χ2n) is 7.00. The van der Waals surface area contributed by atoms with E-state index < -0.39 is 0 Å². The molecule has 0 aliphatic heterocycles. The van der Waals surface area contributed by atoms with E-state index in [4.69, 9.17) is 9.47 Å². The third-order valence-electron chi connectivity index (χ3n) is 4.39. The highest BCUT2D eigenvalue weighted by molar-refractivity contribution is 5.48. The van der Waals surface area contributed by atoms with Crippen molar-refractivity contribution in [3.05, 3.63) is 23.8 Å². The van der Waals surface area contributed by atoms with E-state index in [0.717, 1.165) is 18.0 Å². The molecule has 3 heteroatoms. The van der Waals surface area contributed by atoms with Crippen molar-refractivity contribution in [1.82, 2.24) is 5.32 Å². The number of ether oxygens (including phenoxy) is 2. The number of rotatable bonds is 5. The molecule has 1 fully saturated rings. The van der Waals surface area contributed by atoms with E-state index in [-0.39, 0.29) is 5.54 Å². The molecular weight excluding hydrogens is 262 g/mol. The fourth-order valence-corrected chi connectivity index (χ4v) is 3.34. The Kier molecular flexibility index (Phi) is 5.15. The molecule has 3 nitrogen and oxygen atoms in total. The van der Waals surface area contributed by atoms with Crippen LogP contribution in [-0.4, -0.2) is 26.3 Å². The Morgan fingerprint density at radius 3 is 2.24 bits per heavy atom. The molecule has 1 saturated carbocycles. The summed E-state index contributed by atoms with van der Waals surface area (Å²) in [6, 6.07) is 6.09. The first-order chi connectivity index (χ1) is 9.96. The second-order valence-corrected chi connectivity index (χ2v) is 7.00. The van der Waals surface area contributed by atoms with E-state index in [2.05, 4.69) is 26.1 Å². The summed E-state index contributed by atoms with van der Waals surface area (Å²) < 4.78 is 11.2. The fraction of sp³-hybridized carbons (Fsp3) is 0.667. The van der Waals surface area contributed by atoms with Crippen LogP contribution in [0.1, 0.15) is 51.5 Å². The molecule has 2 rings (SSSR count). The molecule has 0 aromatic heterocycles. The average Bonchev–Trinajstić information content (AvgIpc) is 2.91. The van der Waals surface area contributed by atoms with Crippen molar-refractivity contribution in [2.45, 2.75) is 51.5 Å². The van der Waals surface area contributed by atoms with Gasteiger partial charge in [-0.3, -0.25) is 0 Å². The van der Waals surface area contributed by atoms with Crippen molar-refractivity contribution in [3.8, 4) is 11.5 Å². The van der Waals surface area contributed by atoms with E-state index in [0.29, 0.717) is 11.8 Å². The van der Waals surface area contributed by atoms with Crippen LogP contribution in [0.2, 0.25) is 0 Å². The van der Waals surface area contributed by atoms with Gasteiger partial charge in [0.05, 0.1) is 14.2 Å². The van der Waals surface area contributed by atoms with Crippen LogP contribution in [0.4, 0.5) is 0 Å². The van der Waals surface area contributed by atoms with Gasteiger partial charge in [0.1, 0.15) is 11.5 Å². The Morgan fingerprint density at radius 2 is 1.71 bits per heavy atom. The van der Waals surface area contributed by atoms with E-state index in [1.807, 2.05) is 18.2 Å². The van der Waals surface area contributed by atoms with Crippen molar-refractivity contribution >= 4 is 0 Å². The zero-order valence-corrected chi connectivity index (χ0v) is 14.0. The minimum atomic E-state index is 0.165. The van der Waals surface area contributed by atoms with Crippen LogP contribution in [0.5, 0.6) is 11.5 Å². The average molecular weight is 291 g/mol. The van der Waals surface area contributed by atoms with Crippen molar-refractivity contribution < 1.29 is 9.47 Å². The van der Waals surface area contributed by atoms with Gasteiger partial charge >= 0.3 is 0 Å². The van der Waals surface area contributed by atoms with Gasteiger partial charge < -0.3 is 14.8 Å². The van der Waals surface area contributed by atoms with E-state index >= 15 is 0 Å². The monoisotopic (exact) mass is 291 g/mol. The lowest BCUT2D eigenvalue weighted by Crippen LogP contribution is -2.39. The molecule has 1 aromatic carbocycles. The number of benzene rings is 1. The Bertz CT molecular complexity index is 443. The highest BCUT2D eigenvalue weighted by Crippen LogP contribution is 2.46. The van der Waals surface area contributed by atoms with E-state index in [1.54, 1.807) is 14.2 Å². The van der Waals surface area contributed by atoms with E-state index in [1.165, 1.54) is 24.8 Å². The van der Waals surface area contributed by atoms with Crippen LogP contribution in [0.3, 0.4) is 0 Å². The van der Waals surface area contributed by atoms with Gasteiger partial charge in [0.15, 0.2) is 0 Å². The van der Waals surface area contributed by atoms with Gasteiger partial charge in [0.25, 0.3) is 0 Å². The molecule has 1 aliphatic rings. The Balaban J connectivity index is 2.23. The van der Waals surface area contributed by atoms with Gasteiger partial charge in [-0.25, -0.2) is 0 Å². The highest BCUT2D eigenvalue weighted by atomic mass is 16.5. The molecule has 1 aromatic rings. The van der Waals surface area contributed by atoms with Gasteiger partial charge in [-0.2, -0.15) is 0 Å². The van der Waals surface area contributed by atoms with Crippen molar-refractivity contribution in [2.24, 2.45) is 5.92 Å². The molecule has 0 heterocycles. The molecule has 118 valence electrons. The summed E-state index contributed by atoms with van der Waals surface area (Å²) >= 11 is 0. The lowest BCUT2D eigenvalue weighted by Gasteiger charge is -2.28. The first-order valence-electron chi connectivity index (χ1n) is 7.92. The van der Waals surface area contributed by atoms with Gasteiger partial charge in [-0.1, -0.05) is 12.5 Å². The lowest BCUT2D eigenvalue weighted by atomic mass is 9.87. The summed E-state index contributed by atoms with van der Waals surface area (Å²) in [5, 5.41) is 3.66. The molecule has 0 bridgehead atoms. The molecule has 21 heavy (non-hydrogen) atoms. The maximum Gasteiger partial charge on any atom is 0.126 e. The number of methoxy groups -OCH3 is 2. The molecule has 1 aliphatic carbocycles. The molecule has 0 amide bonds. The molecule has 0 spiro atoms. The minimum absolute atomic E-state index is 0.165. The quantitative estimate of drug-likeness (QED) is 0.890. The van der Waals surface area contributed by atoms with Crippen molar-refractivity contribution in [3.63, 3.8) is 0 Å². The van der Waals surface area contributed by atoms with Gasteiger partial charge in [0, 0.05) is 11.1 Å². The summed E-state index contributed by atoms with van der Waals surface area (Å²) in [6.45, 7) is 7.72. The number of nitrogens with one attached hydrogen (secondary N) is 1. The topological polar surface area (TPSA) is 30.5 Å². The summed E-state index contributed by atoms with van der Waals surface area (Å²) in [4.78, 5) is 0. The SMILES string of the molecule is COc1cccc(OC)c1C1CCCC1CNC(C)(C)C. The molecule has 0 radical (unpaired) electrons. The highest BCUT2D eigenvalue weighted by Gasteiger charge is 2.33. The standard InChI is InChI=1S/C18H29NO2/c1-18(2,3)19-12-13-8-6-9-14(13)17-15(20-4)10-7-11-16(17)21-5/h7,10-11,13-14,19H,6,8-9,12H2,1-5H3. The number of hydrogen-bond acceptors (Lipinski definition) is 3. The summed E-state index contributed by atoms with van der Waals surface area (Å²) in [5.41, 5.74) is 1.42. The maximum atomic E-state index is 5.59. The Hall–Kier alpha value is -1.22. The van der Waals surface area contributed by atoms with Crippen LogP contribution in [0.15, 0.2) is 18.2 Å². The first-order valence-corrected chi connectivity index (χ1v) is 7.92. The second kappa shape index (κ2) is 6.69. The first kappa shape index (κ1) is 16.2. The normalized spacial score (nSPS) is 22.3. The van der Waals surface area contributed by atoms with Gasteiger partial charge in [0.2, 0.25) is 0 Å². The minimum Gasteiger partial charge on any atom is -0.496 e. The third kappa shape index (κ3) is 3.91. The molecule has 2 atom stereocenters. The molecule has 0 saturated heterocycles. The van der Waals surface area contributed by atoms with E-state index in [9.17, 15) is 0 Å². The smallest absolute Gasteiger partial charge is 0.126 e.